The summed E-state index contributed by atoms with van der Waals surface area (Å²) in [5, 5.41) is 9.81. The van der Waals surface area contributed by atoms with Gasteiger partial charge < -0.3 is 14.8 Å². The van der Waals surface area contributed by atoms with Gasteiger partial charge in [0.15, 0.2) is 5.75 Å². The molecule has 200 valence electrons. The van der Waals surface area contributed by atoms with Crippen LogP contribution < -0.4 is 15.2 Å². The maximum atomic E-state index is 13.1. The third kappa shape index (κ3) is 5.56. The number of carbonyl (C=O) groups excluding carboxylic acids is 2. The monoisotopic (exact) mass is 552 g/mol. The molecule has 0 aliphatic rings. The molecule has 0 atom stereocenters. The van der Waals surface area contributed by atoms with Crippen molar-refractivity contribution < 1.29 is 27.5 Å². The van der Waals surface area contributed by atoms with Crippen LogP contribution in [-0.2, 0) is 14.8 Å². The first-order chi connectivity index (χ1) is 19.2. The van der Waals surface area contributed by atoms with Crippen molar-refractivity contribution in [1.82, 2.24) is 0 Å². The lowest BCUT2D eigenvalue weighted by Gasteiger charge is -2.15. The minimum atomic E-state index is -3.92. The Morgan fingerprint density at radius 1 is 0.750 bits per heavy atom. The summed E-state index contributed by atoms with van der Waals surface area (Å²) in [6, 6.07) is 30.7. The number of benzene rings is 5. The molecular weight excluding hydrogens is 528 g/mol. The first-order valence-corrected chi connectivity index (χ1v) is 13.7. The maximum absolute atomic E-state index is 13.1. The Morgan fingerprint density at radius 3 is 2.17 bits per heavy atom. The summed E-state index contributed by atoms with van der Waals surface area (Å²) < 4.78 is 35.1. The molecule has 5 aromatic carbocycles. The average Bonchev–Trinajstić information content (AvgIpc) is 2.97. The standard InChI is InChI=1S/C31H24N2O6S/c1-38-31(35)23-18-22-8-2-3-9-24(22)28(19-23)39-27-12-6-5-11-26(27)33-30(34)21-16-14-20(15-17-21)25-10-4-7-13-29(25)40(32,36)37/h2-19H,1H3,(H,33,34)(H2,32,36,37). The molecule has 0 saturated heterocycles. The summed E-state index contributed by atoms with van der Waals surface area (Å²) in [4.78, 5) is 25.4. The second-order valence-corrected chi connectivity index (χ2v) is 10.4. The summed E-state index contributed by atoms with van der Waals surface area (Å²) in [5.41, 5.74) is 2.15. The normalized spacial score (nSPS) is 11.2. The van der Waals surface area contributed by atoms with Crippen LogP contribution in [0.25, 0.3) is 21.9 Å². The highest BCUT2D eigenvalue weighted by Gasteiger charge is 2.17. The highest BCUT2D eigenvalue weighted by atomic mass is 32.2. The highest BCUT2D eigenvalue weighted by Crippen LogP contribution is 2.35. The van der Waals surface area contributed by atoms with Crippen molar-refractivity contribution in [2.24, 2.45) is 5.14 Å². The number of nitrogens with two attached hydrogens (primary N) is 1. The fraction of sp³-hybridized carbons (Fsp3) is 0.0323. The van der Waals surface area contributed by atoms with E-state index >= 15 is 0 Å². The summed E-state index contributed by atoms with van der Waals surface area (Å²) >= 11 is 0. The Bertz CT molecular complexity index is 1850. The Hall–Kier alpha value is -4.99. The fourth-order valence-corrected chi connectivity index (χ4v) is 5.08. The summed E-state index contributed by atoms with van der Waals surface area (Å²) in [6.45, 7) is 0. The number of esters is 1. The molecule has 0 saturated carbocycles. The van der Waals surface area contributed by atoms with E-state index in [1.807, 2.05) is 24.3 Å². The van der Waals surface area contributed by atoms with Gasteiger partial charge in [0.25, 0.3) is 5.91 Å². The van der Waals surface area contributed by atoms with E-state index in [2.05, 4.69) is 5.32 Å². The van der Waals surface area contributed by atoms with Crippen molar-refractivity contribution in [3.05, 3.63) is 120 Å². The number of rotatable bonds is 7. The van der Waals surface area contributed by atoms with Crippen molar-refractivity contribution in [1.29, 1.82) is 0 Å². The van der Waals surface area contributed by atoms with E-state index in [4.69, 9.17) is 14.6 Å². The van der Waals surface area contributed by atoms with Crippen LogP contribution in [0.5, 0.6) is 11.5 Å². The van der Waals surface area contributed by atoms with E-state index in [-0.39, 0.29) is 4.90 Å². The summed E-state index contributed by atoms with van der Waals surface area (Å²) in [6.07, 6.45) is 0. The van der Waals surface area contributed by atoms with Crippen molar-refractivity contribution in [3.8, 4) is 22.6 Å². The molecule has 0 bridgehead atoms. The van der Waals surface area contributed by atoms with Gasteiger partial charge in [0.05, 0.1) is 23.3 Å². The molecule has 0 heterocycles. The number of anilines is 1. The van der Waals surface area contributed by atoms with Gasteiger partial charge in [-0.05, 0) is 53.4 Å². The molecule has 0 spiro atoms. The van der Waals surface area contributed by atoms with Crippen LogP contribution in [0, 0.1) is 0 Å². The number of methoxy groups -OCH3 is 1. The molecule has 0 fully saturated rings. The predicted octanol–water partition coefficient (Wildman–Crippen LogP) is 5.99. The number of ether oxygens (including phenoxy) is 2. The van der Waals surface area contributed by atoms with Gasteiger partial charge in [0, 0.05) is 16.5 Å². The molecule has 0 unspecified atom stereocenters. The quantitative estimate of drug-likeness (QED) is 0.239. The van der Waals surface area contributed by atoms with Crippen LogP contribution in [0.1, 0.15) is 20.7 Å². The molecule has 3 N–H and O–H groups in total. The number of sulfonamides is 1. The first kappa shape index (κ1) is 26.6. The average molecular weight is 553 g/mol. The van der Waals surface area contributed by atoms with Gasteiger partial charge in [-0.2, -0.15) is 0 Å². The third-order valence-corrected chi connectivity index (χ3v) is 7.22. The van der Waals surface area contributed by atoms with E-state index in [9.17, 15) is 18.0 Å². The third-order valence-electron chi connectivity index (χ3n) is 6.25. The van der Waals surface area contributed by atoms with Crippen LogP contribution in [0.2, 0.25) is 0 Å². The number of nitrogens with one attached hydrogen (secondary N) is 1. The minimum absolute atomic E-state index is 0.00192. The van der Waals surface area contributed by atoms with Gasteiger partial charge in [-0.3, -0.25) is 4.79 Å². The van der Waals surface area contributed by atoms with Crippen LogP contribution in [0.15, 0.2) is 114 Å². The molecular formula is C31H24N2O6S. The summed E-state index contributed by atoms with van der Waals surface area (Å²) in [7, 11) is -2.61. The zero-order valence-corrected chi connectivity index (χ0v) is 22.1. The number of hydrogen-bond acceptors (Lipinski definition) is 6. The van der Waals surface area contributed by atoms with Gasteiger partial charge in [-0.1, -0.05) is 66.7 Å². The summed E-state index contributed by atoms with van der Waals surface area (Å²) in [5.74, 6) is -0.0809. The van der Waals surface area contributed by atoms with Gasteiger partial charge in [0.1, 0.15) is 5.75 Å². The lowest BCUT2D eigenvalue weighted by molar-refractivity contribution is 0.0600. The zero-order chi connectivity index (χ0) is 28.3. The second kappa shape index (κ2) is 11.0. The first-order valence-electron chi connectivity index (χ1n) is 12.2. The lowest BCUT2D eigenvalue weighted by Crippen LogP contribution is -2.13. The van der Waals surface area contributed by atoms with Gasteiger partial charge >= 0.3 is 5.97 Å². The molecule has 0 radical (unpaired) electrons. The van der Waals surface area contributed by atoms with E-state index in [1.165, 1.54) is 13.2 Å². The molecule has 5 aromatic rings. The Balaban J connectivity index is 1.42. The van der Waals surface area contributed by atoms with Crippen LogP contribution >= 0.6 is 0 Å². The van der Waals surface area contributed by atoms with Crippen molar-refractivity contribution in [2.75, 3.05) is 12.4 Å². The van der Waals surface area contributed by atoms with E-state index in [0.717, 1.165) is 10.8 Å². The SMILES string of the molecule is COC(=O)c1cc(Oc2ccccc2NC(=O)c2ccc(-c3ccccc3S(N)(=O)=O)cc2)c2ccccc2c1. The fourth-order valence-electron chi connectivity index (χ4n) is 4.32. The van der Waals surface area contributed by atoms with Crippen LogP contribution in [-0.4, -0.2) is 27.4 Å². The van der Waals surface area contributed by atoms with Gasteiger partial charge in [0.2, 0.25) is 10.0 Å². The molecule has 0 aliphatic heterocycles. The van der Waals surface area contributed by atoms with Crippen molar-refractivity contribution in [3.63, 3.8) is 0 Å². The highest BCUT2D eigenvalue weighted by molar-refractivity contribution is 7.89. The van der Waals surface area contributed by atoms with Crippen molar-refractivity contribution in [2.45, 2.75) is 4.90 Å². The molecule has 5 rings (SSSR count). The van der Waals surface area contributed by atoms with E-state index in [1.54, 1.807) is 78.9 Å². The smallest absolute Gasteiger partial charge is 0.338 e. The Labute approximate surface area is 231 Å². The number of carbonyl (C=O) groups is 2. The van der Waals surface area contributed by atoms with Crippen LogP contribution in [0.3, 0.4) is 0 Å². The van der Waals surface area contributed by atoms with Gasteiger partial charge in [-0.15, -0.1) is 0 Å². The number of primary sulfonamides is 1. The molecule has 1 amide bonds. The predicted molar refractivity (Wildman–Crippen MR) is 153 cm³/mol. The molecule has 9 heteroatoms. The van der Waals surface area contributed by atoms with Gasteiger partial charge in [-0.25, -0.2) is 18.4 Å². The zero-order valence-electron chi connectivity index (χ0n) is 21.3. The number of para-hydroxylation sites is 2. The minimum Gasteiger partial charge on any atom is -0.465 e. The second-order valence-electron chi connectivity index (χ2n) is 8.86. The van der Waals surface area contributed by atoms with E-state index in [0.29, 0.717) is 39.4 Å². The molecule has 0 aliphatic carbocycles. The van der Waals surface area contributed by atoms with Crippen molar-refractivity contribution >= 4 is 38.4 Å². The van der Waals surface area contributed by atoms with Crippen LogP contribution in [0.4, 0.5) is 5.69 Å². The molecule has 8 nitrogen and oxygen atoms in total. The largest absolute Gasteiger partial charge is 0.465 e. The lowest BCUT2D eigenvalue weighted by atomic mass is 10.0. The number of fused-ring (bicyclic) bond motifs is 1. The topological polar surface area (TPSA) is 125 Å². The Kier molecular flexibility index (Phi) is 7.33. The van der Waals surface area contributed by atoms with E-state index < -0.39 is 21.9 Å². The number of amides is 1. The Morgan fingerprint density at radius 2 is 1.43 bits per heavy atom. The maximum Gasteiger partial charge on any atom is 0.338 e. The molecule has 0 aromatic heterocycles. The number of hydrogen-bond donors (Lipinski definition) is 2. The molecule has 40 heavy (non-hydrogen) atoms.